The second kappa shape index (κ2) is 48.7. The minimum Gasteiger partial charge on any atom is -0.306 e. The Kier molecular flexibility index (Phi) is 38.8. The molecule has 614 valence electrons. The first kappa shape index (κ1) is 89.4. The fourth-order valence-corrected chi connectivity index (χ4v) is 22.6. The molecule has 0 fully saturated rings. The van der Waals surface area contributed by atoms with Crippen molar-refractivity contribution in [1.82, 2.24) is 27.3 Å². The van der Waals surface area contributed by atoms with E-state index >= 15 is 27.2 Å². The van der Waals surface area contributed by atoms with Crippen LogP contribution in [0.2, 0.25) is 0 Å². The maximum atomic E-state index is 17.6. The van der Waals surface area contributed by atoms with E-state index < -0.39 is 23.3 Å². The van der Waals surface area contributed by atoms with Crippen molar-refractivity contribution in [3.63, 3.8) is 0 Å². The molecule has 6 aromatic heterocycles. The monoisotopic (exact) mass is 1640 g/mol. The molecule has 2 aliphatic rings. The number of nitrogens with zero attached hydrogens (tertiary/aromatic N) is 6. The second-order valence-corrected chi connectivity index (χ2v) is 38.2. The summed E-state index contributed by atoms with van der Waals surface area (Å²) in [6, 6.07) is 15.2. The summed E-state index contributed by atoms with van der Waals surface area (Å²) in [4.78, 5) is 42.9. The summed E-state index contributed by atoms with van der Waals surface area (Å²) < 4.78 is 88.8. The van der Waals surface area contributed by atoms with Crippen molar-refractivity contribution >= 4 is 114 Å². The molecular formula is C94H132F4N6O2S6. The maximum Gasteiger partial charge on any atom is 0.261 e. The van der Waals surface area contributed by atoms with Gasteiger partial charge < -0.3 is 9.80 Å². The predicted octanol–water partition coefficient (Wildman–Crippen LogP) is 32.1. The van der Waals surface area contributed by atoms with Gasteiger partial charge in [-0.2, -0.15) is 17.5 Å². The van der Waals surface area contributed by atoms with Gasteiger partial charge in [-0.05, 0) is 112 Å². The molecule has 2 atom stereocenters. The van der Waals surface area contributed by atoms with E-state index in [0.29, 0.717) is 75.9 Å². The number of hydrogen-bond acceptors (Lipinski definition) is 12. The number of fused-ring (bicyclic) bond motifs is 3. The second-order valence-electron chi connectivity index (χ2n) is 32.6. The van der Waals surface area contributed by atoms with Crippen LogP contribution in [-0.4, -0.2) is 52.2 Å². The van der Waals surface area contributed by atoms with Crippen molar-refractivity contribution in [1.29, 1.82) is 0 Å². The van der Waals surface area contributed by atoms with Crippen LogP contribution in [0.15, 0.2) is 59.7 Å². The van der Waals surface area contributed by atoms with Crippen LogP contribution < -0.4 is 0 Å². The van der Waals surface area contributed by atoms with Crippen LogP contribution in [-0.2, 0) is 22.4 Å². The first-order chi connectivity index (χ1) is 55.0. The van der Waals surface area contributed by atoms with Crippen molar-refractivity contribution in [3.8, 4) is 41.8 Å². The van der Waals surface area contributed by atoms with Gasteiger partial charge in [-0.15, -0.1) is 45.3 Å². The van der Waals surface area contributed by atoms with Crippen molar-refractivity contribution in [2.24, 2.45) is 11.8 Å². The van der Waals surface area contributed by atoms with E-state index in [4.69, 9.17) is 8.75 Å². The van der Waals surface area contributed by atoms with Crippen molar-refractivity contribution in [2.75, 3.05) is 13.1 Å². The molecule has 112 heavy (non-hydrogen) atoms. The van der Waals surface area contributed by atoms with E-state index in [0.717, 1.165) is 174 Å². The fourth-order valence-electron chi connectivity index (χ4n) is 17.1. The Balaban J connectivity index is 1.08. The molecule has 8 nitrogen and oxygen atoms in total. The molecule has 0 radical (unpaired) electrons. The molecule has 18 heteroatoms. The Morgan fingerprint density at radius 1 is 0.286 bits per heavy atom. The zero-order valence-electron chi connectivity index (χ0n) is 69.0. The first-order valence-corrected chi connectivity index (χ1v) is 49.5. The zero-order valence-corrected chi connectivity index (χ0v) is 73.9. The fraction of sp³-hybridized carbons (Fsp3) is 0.638. The highest BCUT2D eigenvalue weighted by molar-refractivity contribution is 7.17. The van der Waals surface area contributed by atoms with Gasteiger partial charge in [-0.1, -0.05) is 311 Å². The quantitative estimate of drug-likeness (QED) is 0.0279. The Hall–Kier alpha value is -4.98. The number of carbonyl (C=O) groups excluding carboxylic acids is 2. The van der Waals surface area contributed by atoms with Gasteiger partial charge in [0.1, 0.15) is 22.1 Å². The summed E-state index contributed by atoms with van der Waals surface area (Å²) in [7, 11) is 0. The lowest BCUT2D eigenvalue weighted by Crippen LogP contribution is -2.34. The third-order valence-corrected chi connectivity index (χ3v) is 29.3. The van der Waals surface area contributed by atoms with Crippen LogP contribution in [0, 0.1) is 35.1 Å². The number of aromatic nitrogens is 4. The van der Waals surface area contributed by atoms with Crippen LogP contribution in [0.4, 0.5) is 17.6 Å². The van der Waals surface area contributed by atoms with E-state index in [-0.39, 0.29) is 56.9 Å². The van der Waals surface area contributed by atoms with Crippen LogP contribution in [0.5, 0.6) is 0 Å². The van der Waals surface area contributed by atoms with Gasteiger partial charge in [-0.25, -0.2) is 17.6 Å². The molecule has 10 rings (SSSR count). The molecule has 0 bridgehead atoms. The Labute approximate surface area is 695 Å². The molecule has 0 aliphatic carbocycles. The number of rotatable bonds is 60. The van der Waals surface area contributed by atoms with Crippen LogP contribution in [0.3, 0.4) is 0 Å². The summed E-state index contributed by atoms with van der Waals surface area (Å²) in [6.07, 6.45) is 57.7. The summed E-state index contributed by atoms with van der Waals surface area (Å²) in [5, 5.41) is 0. The van der Waals surface area contributed by atoms with Crippen LogP contribution >= 0.6 is 68.8 Å². The molecule has 2 aromatic carbocycles. The third-order valence-electron chi connectivity index (χ3n) is 23.7. The van der Waals surface area contributed by atoms with Gasteiger partial charge in [0.15, 0.2) is 23.3 Å². The number of thiophene rings is 4. The first-order valence-electron chi connectivity index (χ1n) is 44.7. The lowest BCUT2D eigenvalue weighted by atomic mass is 9.93. The van der Waals surface area contributed by atoms with Crippen molar-refractivity contribution in [3.05, 3.63) is 102 Å². The number of amides is 2. The normalized spacial score (nSPS) is 13.9. The average Bonchev–Trinajstić information content (AvgIpc) is 1.55. The number of hydrogen-bond donors (Lipinski definition) is 0. The number of halogens is 4. The number of unbranched alkanes of at least 4 members (excludes halogenated alkanes) is 38. The van der Waals surface area contributed by atoms with Gasteiger partial charge >= 0.3 is 0 Å². The van der Waals surface area contributed by atoms with E-state index in [1.54, 1.807) is 0 Å². The number of benzene rings is 2. The highest BCUT2D eigenvalue weighted by Crippen LogP contribution is 2.53. The van der Waals surface area contributed by atoms with E-state index in [1.807, 2.05) is 58.3 Å². The lowest BCUT2D eigenvalue weighted by molar-refractivity contribution is -0.124. The van der Waals surface area contributed by atoms with E-state index in [1.165, 1.54) is 225 Å². The van der Waals surface area contributed by atoms with Crippen molar-refractivity contribution in [2.45, 2.75) is 363 Å². The topological polar surface area (TPSA) is 92.2 Å². The molecule has 0 saturated carbocycles. The maximum absolute atomic E-state index is 17.6. The van der Waals surface area contributed by atoms with Gasteiger partial charge in [0.25, 0.3) is 11.8 Å². The highest BCUT2D eigenvalue weighted by atomic mass is 32.1. The minimum atomic E-state index is -1.00. The van der Waals surface area contributed by atoms with Gasteiger partial charge in [0.05, 0.1) is 78.0 Å². The molecule has 8 aromatic rings. The van der Waals surface area contributed by atoms with Gasteiger partial charge in [0.2, 0.25) is 0 Å². The summed E-state index contributed by atoms with van der Waals surface area (Å²) >= 11 is 7.37. The standard InChI is InChI=1S/C94H132F4N6O2S6/c1-7-13-19-25-29-33-35-39-43-47-53-67(51-45-41-37-31-27-21-15-9-3)65-103-91(75-63-61-73(109-75)79-85(97)83(95)77(87-89(79)101-111-99-87)71-59-57-69(107-71)55-49-23-17-11-5)81-82(93(103)105)92(104(94(81)106)66-68(52-46-42-38-32-28-22-16-10-4)54-48-44-40-36-34-30-26-20-14-8-2)76-64-62-74(110-76)80-86(98)84(96)78(88-90(80)102-112-100-88)72-60-58-70(108-72)56-50-24-18-12-6/h57-64,67-68H,7-56,65-66H2,1-6H3. The van der Waals surface area contributed by atoms with Gasteiger partial charge in [-0.3, -0.25) is 9.59 Å². The molecule has 0 N–H and O–H groups in total. The number of aryl methyl sites for hydroxylation is 2. The molecule has 2 aliphatic heterocycles. The van der Waals surface area contributed by atoms with Crippen molar-refractivity contribution < 1.29 is 27.2 Å². The number of carbonyl (C=O) groups is 2. The largest absolute Gasteiger partial charge is 0.306 e. The van der Waals surface area contributed by atoms with Crippen LogP contribution in [0.25, 0.3) is 75.2 Å². The SMILES string of the molecule is CCCCCCCCCCCCC(CCCCCCCCCC)CN1C(=O)C2=C(c3ccc(-c4c(F)c(F)c(-c5ccc(CCCCCC)s5)c5nsnc45)s3)N(CC(CCCCCCCCCC)CCCCCCCCCCCC)C(=O)C2=C1c1ccc(-c2c(F)c(F)c(-c3ccc(CCCCCC)s3)c3nsnc23)s1. The van der Waals surface area contributed by atoms with Crippen LogP contribution in [0.1, 0.15) is 369 Å². The zero-order chi connectivity index (χ0) is 78.8. The smallest absolute Gasteiger partial charge is 0.261 e. The third kappa shape index (κ3) is 24.6. The lowest BCUT2D eigenvalue weighted by Gasteiger charge is -2.29. The van der Waals surface area contributed by atoms with E-state index in [2.05, 4.69) is 50.3 Å². The molecular weight excluding hydrogens is 1510 g/mol. The summed E-state index contributed by atoms with van der Waals surface area (Å²) in [5.41, 5.74) is 3.09. The average molecular weight is 1650 g/mol. The minimum absolute atomic E-state index is 0.0179. The molecule has 2 unspecified atom stereocenters. The predicted molar refractivity (Wildman–Crippen MR) is 475 cm³/mol. The molecule has 0 spiro atoms. The Morgan fingerprint density at radius 3 is 0.777 bits per heavy atom. The highest BCUT2D eigenvalue weighted by Gasteiger charge is 2.50. The summed E-state index contributed by atoms with van der Waals surface area (Å²) in [6.45, 7) is 14.2. The molecule has 8 heterocycles. The Bertz CT molecular complexity index is 3950. The Morgan fingerprint density at radius 2 is 0.509 bits per heavy atom. The molecule has 0 saturated heterocycles. The molecule has 2 amide bonds. The summed E-state index contributed by atoms with van der Waals surface area (Å²) in [5.74, 6) is -4.25. The van der Waals surface area contributed by atoms with Gasteiger partial charge in [0, 0.05) is 42.4 Å². The van der Waals surface area contributed by atoms with E-state index in [9.17, 15) is 0 Å².